The highest BCUT2D eigenvalue weighted by atomic mass is 32.1. The van der Waals surface area contributed by atoms with Gasteiger partial charge in [-0.3, -0.25) is 0 Å². The van der Waals surface area contributed by atoms with E-state index in [9.17, 15) is 0 Å². The number of benzene rings is 1. The minimum atomic E-state index is 0.126. The van der Waals surface area contributed by atoms with Crippen molar-refractivity contribution in [3.05, 3.63) is 52.3 Å². The Balaban J connectivity index is 1.67. The van der Waals surface area contributed by atoms with Crippen molar-refractivity contribution in [2.45, 2.75) is 13.0 Å². The van der Waals surface area contributed by atoms with Gasteiger partial charge in [-0.15, -0.1) is 11.3 Å². The van der Waals surface area contributed by atoms with E-state index in [0.717, 1.165) is 42.2 Å². The number of nitrogens with zero attached hydrogens (tertiary/aromatic N) is 3. The number of para-hydroxylation sites is 2. The predicted octanol–water partition coefficient (Wildman–Crippen LogP) is 3.58. The third-order valence-electron chi connectivity index (χ3n) is 3.95. The highest BCUT2D eigenvalue weighted by Crippen LogP contribution is 2.29. The van der Waals surface area contributed by atoms with Gasteiger partial charge in [0.15, 0.2) is 5.82 Å². The molecule has 1 fully saturated rings. The first-order valence-corrected chi connectivity index (χ1v) is 8.32. The van der Waals surface area contributed by atoms with Crippen molar-refractivity contribution in [2.24, 2.45) is 0 Å². The van der Waals surface area contributed by atoms with E-state index < -0.39 is 0 Å². The molecule has 1 aromatic carbocycles. The maximum atomic E-state index is 5.92. The zero-order chi connectivity index (χ0) is 14.9. The molecule has 0 radical (unpaired) electrons. The molecule has 1 atom stereocenters. The Morgan fingerprint density at radius 1 is 1.14 bits per heavy atom. The van der Waals surface area contributed by atoms with E-state index in [0.29, 0.717) is 0 Å². The maximum absolute atomic E-state index is 5.92. The summed E-state index contributed by atoms with van der Waals surface area (Å²) in [5, 5.41) is 2.10. The Bertz CT molecular complexity index is 788. The second kappa shape index (κ2) is 5.66. The molecule has 22 heavy (non-hydrogen) atoms. The van der Waals surface area contributed by atoms with Gasteiger partial charge in [0, 0.05) is 11.4 Å². The fourth-order valence-corrected chi connectivity index (χ4v) is 3.63. The van der Waals surface area contributed by atoms with E-state index in [-0.39, 0.29) is 6.10 Å². The summed E-state index contributed by atoms with van der Waals surface area (Å²) < 4.78 is 5.92. The summed E-state index contributed by atoms with van der Waals surface area (Å²) in [6.07, 6.45) is 0.126. The lowest BCUT2D eigenvalue weighted by atomic mass is 10.2. The molecule has 0 saturated carbocycles. The first kappa shape index (κ1) is 13.7. The lowest BCUT2D eigenvalue weighted by Crippen LogP contribution is -2.39. The summed E-state index contributed by atoms with van der Waals surface area (Å²) in [5.41, 5.74) is 2.87. The molecule has 3 aromatic rings. The van der Waals surface area contributed by atoms with Crippen LogP contribution in [0.15, 0.2) is 41.8 Å². The van der Waals surface area contributed by atoms with Crippen LogP contribution in [-0.2, 0) is 4.74 Å². The highest BCUT2D eigenvalue weighted by molar-refractivity contribution is 7.10. The van der Waals surface area contributed by atoms with Crippen molar-refractivity contribution < 1.29 is 4.74 Å². The molecule has 0 aliphatic carbocycles. The Morgan fingerprint density at radius 3 is 2.73 bits per heavy atom. The monoisotopic (exact) mass is 311 g/mol. The van der Waals surface area contributed by atoms with Gasteiger partial charge in [-0.1, -0.05) is 18.2 Å². The highest BCUT2D eigenvalue weighted by Gasteiger charge is 2.25. The summed E-state index contributed by atoms with van der Waals surface area (Å²) in [6.45, 7) is 4.44. The third-order valence-corrected chi connectivity index (χ3v) is 4.91. The molecule has 5 heteroatoms. The minimum absolute atomic E-state index is 0.126. The summed E-state index contributed by atoms with van der Waals surface area (Å²) in [5.74, 6) is 0.976. The van der Waals surface area contributed by atoms with E-state index in [1.54, 1.807) is 11.3 Å². The number of hydrogen-bond donors (Lipinski definition) is 0. The van der Waals surface area contributed by atoms with Gasteiger partial charge in [-0.05, 0) is 30.5 Å². The van der Waals surface area contributed by atoms with Crippen molar-refractivity contribution in [1.29, 1.82) is 0 Å². The van der Waals surface area contributed by atoms with E-state index >= 15 is 0 Å². The smallest absolute Gasteiger partial charge is 0.150 e. The SMILES string of the molecule is Cc1nc2ccccc2nc1N1CCOC(c2cccs2)C1. The number of rotatable bonds is 2. The van der Waals surface area contributed by atoms with Gasteiger partial charge in [0.25, 0.3) is 0 Å². The lowest BCUT2D eigenvalue weighted by molar-refractivity contribution is 0.0418. The number of fused-ring (bicyclic) bond motifs is 1. The van der Waals surface area contributed by atoms with E-state index in [2.05, 4.69) is 22.4 Å². The molecule has 3 heterocycles. The molecule has 0 amide bonds. The van der Waals surface area contributed by atoms with Gasteiger partial charge in [-0.2, -0.15) is 0 Å². The zero-order valence-corrected chi connectivity index (χ0v) is 13.2. The normalized spacial score (nSPS) is 18.8. The summed E-state index contributed by atoms with van der Waals surface area (Å²) in [4.78, 5) is 13.1. The number of aromatic nitrogens is 2. The van der Waals surface area contributed by atoms with Crippen LogP contribution < -0.4 is 4.90 Å². The van der Waals surface area contributed by atoms with Gasteiger partial charge in [0.2, 0.25) is 0 Å². The number of hydrogen-bond acceptors (Lipinski definition) is 5. The third kappa shape index (κ3) is 2.46. The predicted molar refractivity (Wildman–Crippen MR) is 89.5 cm³/mol. The molecule has 1 saturated heterocycles. The van der Waals surface area contributed by atoms with Crippen LogP contribution in [0.4, 0.5) is 5.82 Å². The molecule has 0 spiro atoms. The quantitative estimate of drug-likeness (QED) is 0.725. The molecule has 112 valence electrons. The van der Waals surface area contributed by atoms with Gasteiger partial charge >= 0.3 is 0 Å². The topological polar surface area (TPSA) is 38.2 Å². The molecule has 0 bridgehead atoms. The Kier molecular flexibility index (Phi) is 3.52. The molecular formula is C17H17N3OS. The van der Waals surface area contributed by atoms with Crippen LogP contribution in [0.1, 0.15) is 16.7 Å². The van der Waals surface area contributed by atoms with Crippen LogP contribution in [0.5, 0.6) is 0 Å². The van der Waals surface area contributed by atoms with Crippen molar-refractivity contribution in [3.8, 4) is 0 Å². The average Bonchev–Trinajstić information content (AvgIpc) is 3.09. The number of thiophene rings is 1. The number of morpholine rings is 1. The summed E-state index contributed by atoms with van der Waals surface area (Å²) in [6, 6.07) is 12.2. The zero-order valence-electron chi connectivity index (χ0n) is 12.4. The van der Waals surface area contributed by atoms with Crippen LogP contribution in [0.2, 0.25) is 0 Å². The van der Waals surface area contributed by atoms with E-state index in [1.807, 2.05) is 31.2 Å². The second-order valence-electron chi connectivity index (χ2n) is 5.44. The van der Waals surface area contributed by atoms with E-state index in [4.69, 9.17) is 14.7 Å². The Morgan fingerprint density at radius 2 is 1.95 bits per heavy atom. The first-order chi connectivity index (χ1) is 10.8. The number of aryl methyl sites for hydroxylation is 1. The van der Waals surface area contributed by atoms with Gasteiger partial charge < -0.3 is 9.64 Å². The number of anilines is 1. The van der Waals surface area contributed by atoms with Gasteiger partial charge in [0.1, 0.15) is 6.10 Å². The van der Waals surface area contributed by atoms with Gasteiger partial charge in [-0.25, -0.2) is 9.97 Å². The van der Waals surface area contributed by atoms with Crippen molar-refractivity contribution in [3.63, 3.8) is 0 Å². The molecule has 1 unspecified atom stereocenters. The molecular weight excluding hydrogens is 294 g/mol. The first-order valence-electron chi connectivity index (χ1n) is 7.44. The number of ether oxygens (including phenoxy) is 1. The van der Waals surface area contributed by atoms with Crippen molar-refractivity contribution >= 4 is 28.2 Å². The summed E-state index contributed by atoms with van der Waals surface area (Å²) >= 11 is 1.75. The fraction of sp³-hybridized carbons (Fsp3) is 0.294. The fourth-order valence-electron chi connectivity index (χ4n) is 2.87. The van der Waals surface area contributed by atoms with E-state index in [1.165, 1.54) is 4.88 Å². The molecule has 4 rings (SSSR count). The van der Waals surface area contributed by atoms with Crippen LogP contribution >= 0.6 is 11.3 Å². The molecule has 1 aliphatic heterocycles. The average molecular weight is 311 g/mol. The van der Waals surface area contributed by atoms with Crippen LogP contribution in [0, 0.1) is 6.92 Å². The van der Waals surface area contributed by atoms with Crippen molar-refractivity contribution in [1.82, 2.24) is 9.97 Å². The lowest BCUT2D eigenvalue weighted by Gasteiger charge is -2.34. The molecule has 2 aromatic heterocycles. The Labute approximate surface area is 133 Å². The Hall–Kier alpha value is -1.98. The largest absolute Gasteiger partial charge is 0.369 e. The van der Waals surface area contributed by atoms with Crippen molar-refractivity contribution in [2.75, 3.05) is 24.6 Å². The standard InChI is InChI=1S/C17H17N3OS/c1-12-17(19-14-6-3-2-5-13(14)18-12)20-8-9-21-15(11-20)16-7-4-10-22-16/h2-7,10,15H,8-9,11H2,1H3. The minimum Gasteiger partial charge on any atom is -0.369 e. The molecule has 0 N–H and O–H groups in total. The van der Waals surface area contributed by atoms with Crippen LogP contribution in [0.25, 0.3) is 11.0 Å². The summed E-state index contributed by atoms with van der Waals surface area (Å²) in [7, 11) is 0. The maximum Gasteiger partial charge on any atom is 0.150 e. The van der Waals surface area contributed by atoms with Crippen LogP contribution in [0.3, 0.4) is 0 Å². The molecule has 1 aliphatic rings. The van der Waals surface area contributed by atoms with Gasteiger partial charge in [0.05, 0.1) is 29.9 Å². The second-order valence-corrected chi connectivity index (χ2v) is 6.42. The molecule has 4 nitrogen and oxygen atoms in total. The van der Waals surface area contributed by atoms with Crippen LogP contribution in [-0.4, -0.2) is 29.7 Å².